The molecule has 1 aromatic heterocycles. The van der Waals surface area contributed by atoms with Gasteiger partial charge in [-0.25, -0.2) is 0 Å². The summed E-state index contributed by atoms with van der Waals surface area (Å²) < 4.78 is 38.4. The molecule has 26 heavy (non-hydrogen) atoms. The maximum absolute atomic E-state index is 12.6. The first-order valence-electron chi connectivity index (χ1n) is 7.74. The SMILES string of the molecule is O=C(NC1CCN(c2ccc(C(F)(F)F)cc2)C1=O)c1cc[n+]([O-])cc1. The van der Waals surface area contributed by atoms with Crippen LogP contribution in [0, 0.1) is 5.21 Å². The molecule has 1 unspecified atom stereocenters. The molecule has 1 atom stereocenters. The second-order valence-corrected chi connectivity index (χ2v) is 5.80. The van der Waals surface area contributed by atoms with Crippen molar-refractivity contribution in [3.8, 4) is 0 Å². The minimum absolute atomic E-state index is 0.234. The van der Waals surface area contributed by atoms with Crippen molar-refractivity contribution in [3.05, 3.63) is 65.1 Å². The summed E-state index contributed by atoms with van der Waals surface area (Å²) in [6, 6.07) is 6.17. The Morgan fingerprint density at radius 2 is 1.77 bits per heavy atom. The van der Waals surface area contributed by atoms with Gasteiger partial charge in [-0.1, -0.05) is 0 Å². The summed E-state index contributed by atoms with van der Waals surface area (Å²) >= 11 is 0. The zero-order chi connectivity index (χ0) is 18.9. The third-order valence-electron chi connectivity index (χ3n) is 4.08. The molecule has 9 heteroatoms. The third-order valence-corrected chi connectivity index (χ3v) is 4.08. The lowest BCUT2D eigenvalue weighted by Gasteiger charge is -2.18. The van der Waals surface area contributed by atoms with Crippen LogP contribution in [0.1, 0.15) is 22.3 Å². The lowest BCUT2D eigenvalue weighted by Crippen LogP contribution is -2.41. The van der Waals surface area contributed by atoms with Crippen molar-refractivity contribution in [2.45, 2.75) is 18.6 Å². The van der Waals surface area contributed by atoms with Crippen molar-refractivity contribution < 1.29 is 27.5 Å². The van der Waals surface area contributed by atoms with E-state index in [9.17, 15) is 28.0 Å². The van der Waals surface area contributed by atoms with Crippen molar-refractivity contribution >= 4 is 17.5 Å². The molecule has 0 spiro atoms. The number of pyridine rings is 1. The number of benzene rings is 1. The highest BCUT2D eigenvalue weighted by atomic mass is 19.4. The lowest BCUT2D eigenvalue weighted by molar-refractivity contribution is -0.605. The minimum Gasteiger partial charge on any atom is -0.619 e. The topological polar surface area (TPSA) is 76.4 Å². The molecule has 3 rings (SSSR count). The van der Waals surface area contributed by atoms with E-state index in [1.54, 1.807) is 0 Å². The smallest absolute Gasteiger partial charge is 0.416 e. The average Bonchev–Trinajstić information content (AvgIpc) is 2.95. The van der Waals surface area contributed by atoms with Crippen molar-refractivity contribution in [1.82, 2.24) is 5.32 Å². The van der Waals surface area contributed by atoms with Crippen LogP contribution in [-0.2, 0) is 11.0 Å². The summed E-state index contributed by atoms with van der Waals surface area (Å²) in [5.41, 5.74) is -0.220. The van der Waals surface area contributed by atoms with Gasteiger partial charge in [0, 0.05) is 24.4 Å². The molecular weight excluding hydrogens is 351 g/mol. The number of alkyl halides is 3. The van der Waals surface area contributed by atoms with Crippen LogP contribution in [0.15, 0.2) is 48.8 Å². The van der Waals surface area contributed by atoms with E-state index in [0.717, 1.165) is 12.1 Å². The number of carbonyl (C=O) groups excluding carboxylic acids is 2. The van der Waals surface area contributed by atoms with Gasteiger partial charge in [-0.3, -0.25) is 9.59 Å². The zero-order valence-electron chi connectivity index (χ0n) is 13.4. The van der Waals surface area contributed by atoms with E-state index >= 15 is 0 Å². The molecule has 0 saturated carbocycles. The Balaban J connectivity index is 1.68. The Morgan fingerprint density at radius 1 is 1.15 bits per heavy atom. The van der Waals surface area contributed by atoms with Crippen LogP contribution in [0.25, 0.3) is 0 Å². The van der Waals surface area contributed by atoms with Crippen molar-refractivity contribution in [1.29, 1.82) is 0 Å². The highest BCUT2D eigenvalue weighted by Gasteiger charge is 2.35. The first kappa shape index (κ1) is 17.7. The molecule has 136 valence electrons. The van der Waals surface area contributed by atoms with E-state index in [4.69, 9.17) is 0 Å². The van der Waals surface area contributed by atoms with Gasteiger partial charge in [0.05, 0.1) is 11.1 Å². The molecule has 0 bridgehead atoms. The predicted octanol–water partition coefficient (Wildman–Crippen LogP) is 1.87. The monoisotopic (exact) mass is 365 g/mol. The molecule has 1 saturated heterocycles. The van der Waals surface area contributed by atoms with Gasteiger partial charge in [-0.05, 0) is 30.7 Å². The van der Waals surface area contributed by atoms with E-state index in [1.807, 2.05) is 0 Å². The Hall–Kier alpha value is -3.10. The number of halogens is 3. The second kappa shape index (κ2) is 6.66. The summed E-state index contributed by atoms with van der Waals surface area (Å²) in [4.78, 5) is 25.9. The van der Waals surface area contributed by atoms with E-state index in [-0.39, 0.29) is 12.1 Å². The number of nitrogens with zero attached hydrogens (tertiary/aromatic N) is 2. The van der Waals surface area contributed by atoms with Crippen molar-refractivity contribution in [2.75, 3.05) is 11.4 Å². The van der Waals surface area contributed by atoms with Gasteiger partial charge < -0.3 is 15.4 Å². The largest absolute Gasteiger partial charge is 0.619 e. The van der Waals surface area contributed by atoms with Crippen LogP contribution >= 0.6 is 0 Å². The van der Waals surface area contributed by atoms with E-state index < -0.39 is 29.6 Å². The van der Waals surface area contributed by atoms with E-state index in [2.05, 4.69) is 5.32 Å². The summed E-state index contributed by atoms with van der Waals surface area (Å²) in [5.74, 6) is -0.897. The normalized spacial score (nSPS) is 17.4. The molecular formula is C17H14F3N3O3. The predicted molar refractivity (Wildman–Crippen MR) is 85.1 cm³/mol. The fourth-order valence-corrected chi connectivity index (χ4v) is 2.71. The number of anilines is 1. The Bertz CT molecular complexity index is 820. The third kappa shape index (κ3) is 3.61. The minimum atomic E-state index is -4.44. The first-order chi connectivity index (χ1) is 12.3. The van der Waals surface area contributed by atoms with E-state index in [0.29, 0.717) is 16.8 Å². The maximum Gasteiger partial charge on any atom is 0.416 e. The highest BCUT2D eigenvalue weighted by molar-refractivity contribution is 6.03. The molecule has 1 aromatic carbocycles. The van der Waals surface area contributed by atoms with Crippen molar-refractivity contribution in [3.63, 3.8) is 0 Å². The van der Waals surface area contributed by atoms with Crippen LogP contribution in [0.4, 0.5) is 18.9 Å². The Morgan fingerprint density at radius 3 is 2.35 bits per heavy atom. The summed E-state index contributed by atoms with van der Waals surface area (Å²) in [7, 11) is 0. The van der Waals surface area contributed by atoms with Gasteiger partial charge in [0.1, 0.15) is 6.04 Å². The van der Waals surface area contributed by atoms with Gasteiger partial charge in [0.15, 0.2) is 12.4 Å². The molecule has 2 amide bonds. The standard InChI is InChI=1S/C17H14F3N3O3/c18-17(19,20)12-1-3-13(4-2-12)23-10-7-14(16(23)25)21-15(24)11-5-8-22(26)9-6-11/h1-6,8-9,14H,7,10H2,(H,21,24). The van der Waals surface area contributed by atoms with Crippen LogP contribution in [-0.4, -0.2) is 24.4 Å². The molecule has 6 nitrogen and oxygen atoms in total. The number of rotatable bonds is 3. The second-order valence-electron chi connectivity index (χ2n) is 5.80. The van der Waals surface area contributed by atoms with Gasteiger partial charge in [0.2, 0.25) is 5.91 Å². The molecule has 1 aliphatic heterocycles. The van der Waals surface area contributed by atoms with Crippen LogP contribution in [0.2, 0.25) is 0 Å². The van der Waals surface area contributed by atoms with Gasteiger partial charge in [-0.15, -0.1) is 0 Å². The molecule has 1 fully saturated rings. The van der Waals surface area contributed by atoms with Gasteiger partial charge >= 0.3 is 6.18 Å². The highest BCUT2D eigenvalue weighted by Crippen LogP contribution is 2.31. The number of carbonyl (C=O) groups is 2. The number of aromatic nitrogens is 1. The Kier molecular flexibility index (Phi) is 4.54. The average molecular weight is 365 g/mol. The molecule has 0 aliphatic carbocycles. The zero-order valence-corrected chi connectivity index (χ0v) is 13.4. The number of hydrogen-bond donors (Lipinski definition) is 1. The number of hydrogen-bond acceptors (Lipinski definition) is 3. The summed E-state index contributed by atoms with van der Waals surface area (Å²) in [5, 5.41) is 13.6. The molecule has 1 N–H and O–H groups in total. The quantitative estimate of drug-likeness (QED) is 0.667. The summed E-state index contributed by atoms with van der Waals surface area (Å²) in [6.07, 6.45) is -1.78. The molecule has 2 heterocycles. The fourth-order valence-electron chi connectivity index (χ4n) is 2.71. The Labute approximate surface area is 146 Å². The lowest BCUT2D eigenvalue weighted by atomic mass is 10.2. The first-order valence-corrected chi connectivity index (χ1v) is 7.74. The van der Waals surface area contributed by atoms with Crippen LogP contribution in [0.3, 0.4) is 0 Å². The van der Waals surface area contributed by atoms with E-state index in [1.165, 1.54) is 41.6 Å². The van der Waals surface area contributed by atoms with Crippen LogP contribution in [0.5, 0.6) is 0 Å². The van der Waals surface area contributed by atoms with Gasteiger partial charge in [0.25, 0.3) is 5.91 Å². The number of nitrogens with one attached hydrogen (secondary N) is 1. The molecule has 2 aromatic rings. The van der Waals surface area contributed by atoms with Crippen LogP contribution < -0.4 is 14.9 Å². The summed E-state index contributed by atoms with van der Waals surface area (Å²) in [6.45, 7) is 0.282. The van der Waals surface area contributed by atoms with Crippen molar-refractivity contribution in [2.24, 2.45) is 0 Å². The fraction of sp³-hybridized carbons (Fsp3) is 0.235. The molecule has 0 radical (unpaired) electrons. The number of amides is 2. The maximum atomic E-state index is 12.6. The molecule has 1 aliphatic rings. The van der Waals surface area contributed by atoms with Gasteiger partial charge in [-0.2, -0.15) is 17.9 Å².